The fourth-order valence-corrected chi connectivity index (χ4v) is 0.752. The van der Waals surface area contributed by atoms with Crippen molar-refractivity contribution in [1.29, 1.82) is 0 Å². The number of aliphatic imine (C=N–C) groups is 1. The molecule has 2 nitrogen and oxygen atoms in total. The molecular formula is C5H7F3N2. The normalized spacial score (nSPS) is 26.1. The van der Waals surface area contributed by atoms with Crippen molar-refractivity contribution in [3.8, 4) is 0 Å². The Labute approximate surface area is 56.1 Å². The van der Waals surface area contributed by atoms with Crippen molar-refractivity contribution in [1.82, 2.24) is 5.32 Å². The Morgan fingerprint density at radius 2 is 2.20 bits per heavy atom. The Bertz CT molecular complexity index is 140. The Hall–Kier alpha value is -0.740. The van der Waals surface area contributed by atoms with Gasteiger partial charge in [0.25, 0.3) is 0 Å². The number of hydrogen-bond donors (Lipinski definition) is 1. The largest absolute Gasteiger partial charge is 0.408 e. The van der Waals surface area contributed by atoms with Crippen molar-refractivity contribution in [2.24, 2.45) is 4.99 Å². The topological polar surface area (TPSA) is 24.4 Å². The fourth-order valence-electron chi connectivity index (χ4n) is 0.752. The summed E-state index contributed by atoms with van der Waals surface area (Å²) in [5.41, 5.74) is 0. The zero-order valence-corrected chi connectivity index (χ0v) is 5.15. The van der Waals surface area contributed by atoms with E-state index in [0.29, 0.717) is 0 Å². The summed E-state index contributed by atoms with van der Waals surface area (Å²) < 4.78 is 35.5. The molecule has 0 aromatic heterocycles. The lowest BCUT2D eigenvalue weighted by molar-refractivity contribution is -0.153. The van der Waals surface area contributed by atoms with Crippen LogP contribution in [0, 0.1) is 0 Å². The van der Waals surface area contributed by atoms with E-state index in [-0.39, 0.29) is 13.0 Å². The summed E-state index contributed by atoms with van der Waals surface area (Å²) in [4.78, 5) is 3.60. The van der Waals surface area contributed by atoms with Crippen LogP contribution in [0.25, 0.3) is 0 Å². The molecule has 1 heterocycles. The van der Waals surface area contributed by atoms with Gasteiger partial charge in [-0.2, -0.15) is 13.2 Å². The molecule has 0 unspecified atom stereocenters. The quantitative estimate of drug-likeness (QED) is 0.548. The summed E-state index contributed by atoms with van der Waals surface area (Å²) >= 11 is 0. The molecule has 0 bridgehead atoms. The third-order valence-corrected chi connectivity index (χ3v) is 1.31. The zero-order valence-electron chi connectivity index (χ0n) is 5.15. The summed E-state index contributed by atoms with van der Waals surface area (Å²) in [7, 11) is 0. The summed E-state index contributed by atoms with van der Waals surface area (Å²) in [5.74, 6) is 0. The van der Waals surface area contributed by atoms with E-state index in [1.807, 2.05) is 0 Å². The highest BCUT2D eigenvalue weighted by atomic mass is 19.4. The van der Waals surface area contributed by atoms with E-state index in [1.54, 1.807) is 0 Å². The van der Waals surface area contributed by atoms with Crippen LogP contribution in [0.3, 0.4) is 0 Å². The molecule has 0 amide bonds. The predicted molar refractivity (Wildman–Crippen MR) is 31.0 cm³/mol. The third kappa shape index (κ3) is 1.62. The summed E-state index contributed by atoms with van der Waals surface area (Å²) in [6, 6.07) is -1.40. The van der Waals surface area contributed by atoms with Crippen LogP contribution in [-0.4, -0.2) is 25.1 Å². The minimum absolute atomic E-state index is 0.0417. The van der Waals surface area contributed by atoms with E-state index in [1.165, 1.54) is 0 Å². The van der Waals surface area contributed by atoms with Gasteiger partial charge in [-0.05, 0) is 6.42 Å². The molecule has 1 rings (SSSR count). The molecule has 5 heteroatoms. The van der Waals surface area contributed by atoms with Crippen LogP contribution < -0.4 is 5.32 Å². The average Bonchev–Trinajstić information content (AvgIpc) is 1.88. The smallest absolute Gasteiger partial charge is 0.365 e. The van der Waals surface area contributed by atoms with Crippen molar-refractivity contribution in [3.63, 3.8) is 0 Å². The second-order valence-electron chi connectivity index (χ2n) is 2.08. The number of hydrogen-bond acceptors (Lipinski definition) is 2. The monoisotopic (exact) mass is 152 g/mol. The van der Waals surface area contributed by atoms with E-state index in [0.717, 1.165) is 6.34 Å². The maximum atomic E-state index is 11.8. The average molecular weight is 152 g/mol. The highest BCUT2D eigenvalue weighted by Gasteiger charge is 2.39. The molecule has 0 saturated carbocycles. The summed E-state index contributed by atoms with van der Waals surface area (Å²) in [5, 5.41) is 2.14. The lowest BCUT2D eigenvalue weighted by atomic mass is 10.2. The first-order valence-corrected chi connectivity index (χ1v) is 2.92. The second-order valence-corrected chi connectivity index (χ2v) is 2.08. The number of nitrogens with zero attached hydrogens (tertiary/aromatic N) is 1. The molecule has 1 aliphatic heterocycles. The molecule has 1 atom stereocenters. The molecule has 0 radical (unpaired) electrons. The first-order chi connectivity index (χ1) is 4.61. The standard InChI is InChI=1S/C5H7F3N2/c6-5(7,8)4-1-2-9-3-10-4/h3-4H,1-2H2,(H,9,10)/t4-/m1/s1. The highest BCUT2D eigenvalue weighted by Crippen LogP contribution is 2.22. The van der Waals surface area contributed by atoms with Crippen LogP contribution in [0.15, 0.2) is 4.99 Å². The molecule has 0 aromatic rings. The minimum Gasteiger partial charge on any atom is -0.365 e. The van der Waals surface area contributed by atoms with Crippen LogP contribution in [0.5, 0.6) is 0 Å². The zero-order chi connectivity index (χ0) is 7.61. The second kappa shape index (κ2) is 2.48. The molecule has 58 valence electrons. The molecule has 10 heavy (non-hydrogen) atoms. The SMILES string of the molecule is FC(F)(F)[C@H]1CCN=CN1. The van der Waals surface area contributed by atoms with Gasteiger partial charge in [0.05, 0.1) is 6.34 Å². The predicted octanol–water partition coefficient (Wildman–Crippen LogP) is 0.939. The van der Waals surface area contributed by atoms with Crippen molar-refractivity contribution in [2.45, 2.75) is 18.6 Å². The molecular weight excluding hydrogens is 145 g/mol. The maximum absolute atomic E-state index is 11.8. The molecule has 0 aromatic carbocycles. The maximum Gasteiger partial charge on any atom is 0.408 e. The molecule has 0 spiro atoms. The molecule has 0 saturated heterocycles. The van der Waals surface area contributed by atoms with Crippen LogP contribution >= 0.6 is 0 Å². The van der Waals surface area contributed by atoms with E-state index in [9.17, 15) is 13.2 Å². The molecule has 0 aliphatic carbocycles. The van der Waals surface area contributed by atoms with Gasteiger partial charge in [-0.3, -0.25) is 4.99 Å². The van der Waals surface area contributed by atoms with Crippen LogP contribution in [0.1, 0.15) is 6.42 Å². The van der Waals surface area contributed by atoms with Gasteiger partial charge in [-0.15, -0.1) is 0 Å². The van der Waals surface area contributed by atoms with Crippen LogP contribution in [-0.2, 0) is 0 Å². The number of rotatable bonds is 0. The Kier molecular flexibility index (Phi) is 1.82. The van der Waals surface area contributed by atoms with Crippen LogP contribution in [0.2, 0.25) is 0 Å². The highest BCUT2D eigenvalue weighted by molar-refractivity contribution is 5.55. The lowest BCUT2D eigenvalue weighted by Crippen LogP contribution is -2.44. The van der Waals surface area contributed by atoms with Gasteiger partial charge < -0.3 is 5.32 Å². The molecule has 0 fully saturated rings. The Balaban J connectivity index is 2.49. The van der Waals surface area contributed by atoms with Gasteiger partial charge in [0, 0.05) is 6.54 Å². The van der Waals surface area contributed by atoms with E-state index in [4.69, 9.17) is 0 Å². The third-order valence-electron chi connectivity index (χ3n) is 1.31. The van der Waals surface area contributed by atoms with E-state index < -0.39 is 12.2 Å². The number of halogens is 3. The Morgan fingerprint density at radius 1 is 1.50 bits per heavy atom. The number of nitrogens with one attached hydrogen (secondary N) is 1. The fraction of sp³-hybridized carbons (Fsp3) is 0.800. The van der Waals surface area contributed by atoms with Gasteiger partial charge in [0.15, 0.2) is 0 Å². The first kappa shape index (κ1) is 7.37. The van der Waals surface area contributed by atoms with Gasteiger partial charge in [-0.1, -0.05) is 0 Å². The summed E-state index contributed by atoms with van der Waals surface area (Å²) in [6.45, 7) is 0.261. The van der Waals surface area contributed by atoms with E-state index >= 15 is 0 Å². The van der Waals surface area contributed by atoms with Gasteiger partial charge >= 0.3 is 6.18 Å². The van der Waals surface area contributed by atoms with Crippen molar-refractivity contribution in [2.75, 3.05) is 6.54 Å². The lowest BCUT2D eigenvalue weighted by Gasteiger charge is -2.21. The first-order valence-electron chi connectivity index (χ1n) is 2.92. The van der Waals surface area contributed by atoms with Gasteiger partial charge in [-0.25, -0.2) is 0 Å². The van der Waals surface area contributed by atoms with Gasteiger partial charge in [0.2, 0.25) is 0 Å². The number of alkyl halides is 3. The Morgan fingerprint density at radius 3 is 2.50 bits per heavy atom. The molecule has 1 aliphatic rings. The minimum atomic E-state index is -4.13. The van der Waals surface area contributed by atoms with Gasteiger partial charge in [0.1, 0.15) is 6.04 Å². The van der Waals surface area contributed by atoms with Crippen molar-refractivity contribution >= 4 is 6.34 Å². The van der Waals surface area contributed by atoms with E-state index in [2.05, 4.69) is 10.3 Å². The summed E-state index contributed by atoms with van der Waals surface area (Å²) in [6.07, 6.45) is -2.98. The van der Waals surface area contributed by atoms with Crippen LogP contribution in [0.4, 0.5) is 13.2 Å². The van der Waals surface area contributed by atoms with Crippen molar-refractivity contribution in [3.05, 3.63) is 0 Å². The molecule has 1 N–H and O–H groups in total. The van der Waals surface area contributed by atoms with Crippen molar-refractivity contribution < 1.29 is 13.2 Å².